The van der Waals surface area contributed by atoms with Crippen molar-refractivity contribution in [3.05, 3.63) is 46.1 Å². The highest BCUT2D eigenvalue weighted by Crippen LogP contribution is 2.20. The molecule has 0 saturated heterocycles. The van der Waals surface area contributed by atoms with E-state index in [1.165, 1.54) is 16.5 Å². The molecular weight excluding hydrogens is 308 g/mol. The molecule has 128 valence electrons. The Morgan fingerprint density at radius 1 is 1.21 bits per heavy atom. The molecule has 24 heavy (non-hydrogen) atoms. The van der Waals surface area contributed by atoms with Crippen molar-refractivity contribution in [1.82, 2.24) is 19.7 Å². The van der Waals surface area contributed by atoms with Crippen molar-refractivity contribution in [3.8, 4) is 5.69 Å². The Hall–Kier alpha value is -2.57. The van der Waals surface area contributed by atoms with E-state index in [1.807, 2.05) is 39.0 Å². The number of ether oxygens (including phenoxy) is 1. The van der Waals surface area contributed by atoms with Gasteiger partial charge in [0.25, 0.3) is 0 Å². The van der Waals surface area contributed by atoms with Gasteiger partial charge in [0.1, 0.15) is 11.9 Å². The summed E-state index contributed by atoms with van der Waals surface area (Å²) in [5, 5.41) is 6.15. The molecule has 1 N–H and O–H groups in total. The van der Waals surface area contributed by atoms with Crippen LogP contribution in [0.25, 0.3) is 5.69 Å². The quantitative estimate of drug-likeness (QED) is 0.866. The Bertz CT molecular complexity index is 801. The standard InChI is InChI=1S/C17H22N4O3/c1-17(2,3)24-16(23)20-8-6-12-4-5-14(10-13(12)7-9-20)21-11-18-19-15(21)22/h4-5,10-11H,6-9H2,1-3H3,(H,19,22). The molecule has 1 aliphatic rings. The molecule has 0 atom stereocenters. The number of rotatable bonds is 1. The lowest BCUT2D eigenvalue weighted by molar-refractivity contribution is 0.0258. The van der Waals surface area contributed by atoms with E-state index in [1.54, 1.807) is 4.90 Å². The molecule has 0 spiro atoms. The van der Waals surface area contributed by atoms with Crippen LogP contribution in [-0.2, 0) is 17.6 Å². The predicted octanol–water partition coefficient (Wildman–Crippen LogP) is 1.90. The van der Waals surface area contributed by atoms with Gasteiger partial charge in [0.05, 0.1) is 5.69 Å². The number of amides is 1. The fourth-order valence-electron chi connectivity index (χ4n) is 2.80. The molecule has 7 heteroatoms. The summed E-state index contributed by atoms with van der Waals surface area (Å²) >= 11 is 0. The molecular formula is C17H22N4O3. The highest BCUT2D eigenvalue weighted by Gasteiger charge is 2.24. The van der Waals surface area contributed by atoms with E-state index in [4.69, 9.17) is 4.74 Å². The van der Waals surface area contributed by atoms with Crippen molar-refractivity contribution >= 4 is 6.09 Å². The topological polar surface area (TPSA) is 80.2 Å². The van der Waals surface area contributed by atoms with E-state index in [0.29, 0.717) is 13.1 Å². The largest absolute Gasteiger partial charge is 0.444 e. The molecule has 3 rings (SSSR count). The van der Waals surface area contributed by atoms with E-state index < -0.39 is 5.60 Å². The third-order valence-corrected chi connectivity index (χ3v) is 3.97. The Balaban J connectivity index is 1.78. The maximum Gasteiger partial charge on any atom is 0.410 e. The molecule has 0 saturated carbocycles. The monoisotopic (exact) mass is 330 g/mol. The first-order valence-corrected chi connectivity index (χ1v) is 8.05. The number of nitrogens with zero attached hydrogens (tertiary/aromatic N) is 3. The van der Waals surface area contributed by atoms with E-state index >= 15 is 0 Å². The third-order valence-electron chi connectivity index (χ3n) is 3.97. The summed E-state index contributed by atoms with van der Waals surface area (Å²) in [7, 11) is 0. The average molecular weight is 330 g/mol. The number of hydrogen-bond donors (Lipinski definition) is 1. The van der Waals surface area contributed by atoms with Crippen LogP contribution in [0, 0.1) is 0 Å². The van der Waals surface area contributed by atoms with Crippen LogP contribution in [0.15, 0.2) is 29.3 Å². The minimum absolute atomic E-state index is 0.265. The van der Waals surface area contributed by atoms with Crippen molar-refractivity contribution in [3.63, 3.8) is 0 Å². The predicted molar refractivity (Wildman–Crippen MR) is 89.4 cm³/mol. The summed E-state index contributed by atoms with van der Waals surface area (Å²) in [5.41, 5.74) is 2.36. The Kier molecular flexibility index (Phi) is 4.17. The molecule has 0 bridgehead atoms. The lowest BCUT2D eigenvalue weighted by Gasteiger charge is -2.26. The van der Waals surface area contributed by atoms with Crippen LogP contribution in [0.2, 0.25) is 0 Å². The minimum atomic E-state index is -0.494. The van der Waals surface area contributed by atoms with Crippen LogP contribution in [0.3, 0.4) is 0 Å². The van der Waals surface area contributed by atoms with Crippen molar-refractivity contribution in [2.75, 3.05) is 13.1 Å². The lowest BCUT2D eigenvalue weighted by atomic mass is 10.0. The van der Waals surface area contributed by atoms with Gasteiger partial charge in [-0.3, -0.25) is 0 Å². The number of H-pyrrole nitrogens is 1. The number of aromatic amines is 1. The number of nitrogens with one attached hydrogen (secondary N) is 1. The van der Waals surface area contributed by atoms with Crippen molar-refractivity contribution in [2.24, 2.45) is 0 Å². The fourth-order valence-corrected chi connectivity index (χ4v) is 2.80. The lowest BCUT2D eigenvalue weighted by Crippen LogP contribution is -2.38. The maximum absolute atomic E-state index is 12.3. The van der Waals surface area contributed by atoms with Gasteiger partial charge in [-0.25, -0.2) is 19.3 Å². The number of fused-ring (bicyclic) bond motifs is 1. The zero-order valence-electron chi connectivity index (χ0n) is 14.2. The molecule has 0 radical (unpaired) electrons. The zero-order chi connectivity index (χ0) is 17.3. The van der Waals surface area contributed by atoms with E-state index in [2.05, 4.69) is 10.2 Å². The molecule has 0 unspecified atom stereocenters. The van der Waals surface area contributed by atoms with Gasteiger partial charge in [-0.15, -0.1) is 0 Å². The molecule has 1 aliphatic heterocycles. The first-order valence-electron chi connectivity index (χ1n) is 8.05. The van der Waals surface area contributed by atoms with Gasteiger partial charge in [0.2, 0.25) is 0 Å². The van der Waals surface area contributed by atoms with Crippen molar-refractivity contribution in [2.45, 2.75) is 39.2 Å². The summed E-state index contributed by atoms with van der Waals surface area (Å²) in [4.78, 5) is 25.7. The van der Waals surface area contributed by atoms with Crippen LogP contribution < -0.4 is 5.69 Å². The summed E-state index contributed by atoms with van der Waals surface area (Å²) in [6.45, 7) is 6.84. The molecule has 2 aromatic rings. The van der Waals surface area contributed by atoms with Gasteiger partial charge in [0, 0.05) is 13.1 Å². The second kappa shape index (κ2) is 6.14. The second-order valence-electron chi connectivity index (χ2n) is 6.95. The molecule has 7 nitrogen and oxygen atoms in total. The van der Waals surface area contributed by atoms with Gasteiger partial charge in [-0.05, 0) is 56.9 Å². The van der Waals surface area contributed by atoms with E-state index in [-0.39, 0.29) is 11.8 Å². The first-order chi connectivity index (χ1) is 11.3. The number of hydrogen-bond acceptors (Lipinski definition) is 4. The Morgan fingerprint density at radius 3 is 2.54 bits per heavy atom. The summed E-state index contributed by atoms with van der Waals surface area (Å²) in [6.07, 6.45) is 2.69. The fraction of sp³-hybridized carbons (Fsp3) is 0.471. The number of aromatic nitrogens is 3. The molecule has 1 aromatic heterocycles. The van der Waals surface area contributed by atoms with Crippen LogP contribution in [-0.4, -0.2) is 44.4 Å². The minimum Gasteiger partial charge on any atom is -0.444 e. The van der Waals surface area contributed by atoms with Gasteiger partial charge < -0.3 is 9.64 Å². The zero-order valence-corrected chi connectivity index (χ0v) is 14.2. The van der Waals surface area contributed by atoms with Crippen molar-refractivity contribution < 1.29 is 9.53 Å². The number of carbonyl (C=O) groups is 1. The Morgan fingerprint density at radius 2 is 1.92 bits per heavy atom. The van der Waals surface area contributed by atoms with Gasteiger partial charge in [-0.2, -0.15) is 5.10 Å². The molecule has 0 fully saturated rings. The normalized spacial score (nSPS) is 14.9. The van der Waals surface area contributed by atoms with Crippen LogP contribution in [0.4, 0.5) is 4.79 Å². The third kappa shape index (κ3) is 3.50. The Labute approximate surface area is 140 Å². The second-order valence-corrected chi connectivity index (χ2v) is 6.95. The highest BCUT2D eigenvalue weighted by molar-refractivity contribution is 5.68. The maximum atomic E-state index is 12.3. The van der Waals surface area contributed by atoms with Crippen LogP contribution >= 0.6 is 0 Å². The summed E-state index contributed by atoms with van der Waals surface area (Å²) in [5.74, 6) is 0. The molecule has 2 heterocycles. The van der Waals surface area contributed by atoms with Gasteiger partial charge in [0.15, 0.2) is 0 Å². The molecule has 1 amide bonds. The summed E-state index contributed by atoms with van der Waals surface area (Å²) in [6, 6.07) is 5.91. The molecule has 1 aromatic carbocycles. The molecule has 0 aliphatic carbocycles. The summed E-state index contributed by atoms with van der Waals surface area (Å²) < 4.78 is 6.93. The van der Waals surface area contributed by atoms with Gasteiger partial charge >= 0.3 is 11.8 Å². The smallest absolute Gasteiger partial charge is 0.410 e. The number of carbonyl (C=O) groups excluding carboxylic acids is 1. The highest BCUT2D eigenvalue weighted by atomic mass is 16.6. The average Bonchev–Trinajstić information content (AvgIpc) is 2.80. The SMILES string of the molecule is CC(C)(C)OC(=O)N1CCc2ccc(-n3cn[nH]c3=O)cc2CC1. The van der Waals surface area contributed by atoms with E-state index in [0.717, 1.165) is 24.1 Å². The van der Waals surface area contributed by atoms with Gasteiger partial charge in [-0.1, -0.05) is 6.07 Å². The number of benzene rings is 1. The van der Waals surface area contributed by atoms with Crippen LogP contribution in [0.1, 0.15) is 31.9 Å². The van der Waals surface area contributed by atoms with Crippen molar-refractivity contribution in [1.29, 1.82) is 0 Å². The first kappa shape index (κ1) is 16.3. The van der Waals surface area contributed by atoms with Crippen LogP contribution in [0.5, 0.6) is 0 Å². The van der Waals surface area contributed by atoms with E-state index in [9.17, 15) is 9.59 Å².